The molecule has 20 heavy (non-hydrogen) atoms. The Morgan fingerprint density at radius 3 is 2.75 bits per heavy atom. The Bertz CT molecular complexity index is 795. The van der Waals surface area contributed by atoms with Crippen LogP contribution in [0.25, 0.3) is 22.4 Å². The van der Waals surface area contributed by atoms with Gasteiger partial charge in [0.15, 0.2) is 0 Å². The Kier molecular flexibility index (Phi) is 3.44. The molecule has 0 aliphatic carbocycles. The average Bonchev–Trinajstić information content (AvgIpc) is 2.76. The Balaban J connectivity index is 2.30. The Hall–Kier alpha value is -1.52. The van der Waals surface area contributed by atoms with Crippen LogP contribution >= 0.6 is 27.5 Å². The van der Waals surface area contributed by atoms with Crippen molar-refractivity contribution < 1.29 is 0 Å². The number of benzene rings is 2. The Morgan fingerprint density at radius 1 is 1.25 bits per heavy atom. The molecule has 5 heteroatoms. The van der Waals surface area contributed by atoms with Crippen molar-refractivity contribution in [3.63, 3.8) is 0 Å². The number of hydrogen-bond acceptors (Lipinski definition) is 2. The molecule has 0 atom stereocenters. The molecule has 2 N–H and O–H groups in total. The van der Waals surface area contributed by atoms with E-state index in [1.165, 1.54) is 0 Å². The van der Waals surface area contributed by atoms with Crippen LogP contribution in [0.2, 0.25) is 5.02 Å². The summed E-state index contributed by atoms with van der Waals surface area (Å²) in [6.45, 7) is 2.89. The number of hydrogen-bond donors (Lipinski definition) is 1. The first-order valence-electron chi connectivity index (χ1n) is 6.31. The summed E-state index contributed by atoms with van der Waals surface area (Å²) in [6, 6.07) is 11.6. The second kappa shape index (κ2) is 5.11. The summed E-state index contributed by atoms with van der Waals surface area (Å²) >= 11 is 9.51. The molecular weight excluding hydrogens is 338 g/mol. The summed E-state index contributed by atoms with van der Waals surface area (Å²) in [5.41, 5.74) is 9.71. The fourth-order valence-corrected chi connectivity index (χ4v) is 2.90. The van der Waals surface area contributed by atoms with Gasteiger partial charge in [-0.15, -0.1) is 0 Å². The van der Waals surface area contributed by atoms with Crippen LogP contribution in [0.5, 0.6) is 0 Å². The third kappa shape index (κ3) is 2.19. The second-order valence-corrected chi connectivity index (χ2v) is 5.90. The zero-order valence-corrected chi connectivity index (χ0v) is 13.2. The SMILES string of the molecule is CCn1c(-c2ccc(Br)cc2N)nc2ccc(Cl)cc21. The molecule has 2 aromatic carbocycles. The Morgan fingerprint density at radius 2 is 2.05 bits per heavy atom. The standard InChI is InChI=1S/C15H13BrClN3/c1-2-20-14-8-10(17)4-6-13(14)19-15(20)11-5-3-9(16)7-12(11)18/h3-8H,2,18H2,1H3. The molecule has 3 nitrogen and oxygen atoms in total. The van der Waals surface area contributed by atoms with Gasteiger partial charge in [-0.3, -0.25) is 0 Å². The molecule has 0 aliphatic heterocycles. The minimum absolute atomic E-state index is 0.704. The van der Waals surface area contributed by atoms with E-state index in [4.69, 9.17) is 22.3 Å². The zero-order valence-electron chi connectivity index (χ0n) is 10.9. The van der Waals surface area contributed by atoms with Gasteiger partial charge < -0.3 is 10.3 Å². The van der Waals surface area contributed by atoms with Gasteiger partial charge in [0, 0.05) is 27.3 Å². The molecule has 1 aromatic heterocycles. The monoisotopic (exact) mass is 349 g/mol. The number of rotatable bonds is 2. The first-order chi connectivity index (χ1) is 9.60. The van der Waals surface area contributed by atoms with Gasteiger partial charge in [-0.2, -0.15) is 0 Å². The third-order valence-electron chi connectivity index (χ3n) is 3.28. The van der Waals surface area contributed by atoms with E-state index in [-0.39, 0.29) is 0 Å². The predicted octanol–water partition coefficient (Wildman–Crippen LogP) is 4.72. The second-order valence-electron chi connectivity index (χ2n) is 4.54. The van der Waals surface area contributed by atoms with Crippen molar-refractivity contribution in [2.45, 2.75) is 13.5 Å². The number of anilines is 1. The molecule has 0 aliphatic rings. The number of halogens is 2. The van der Waals surface area contributed by atoms with Crippen LogP contribution in [-0.2, 0) is 6.54 Å². The summed E-state index contributed by atoms with van der Waals surface area (Å²) in [4.78, 5) is 4.69. The molecule has 0 saturated carbocycles. The molecule has 0 radical (unpaired) electrons. The first kappa shape index (κ1) is 13.5. The van der Waals surface area contributed by atoms with Crippen molar-refractivity contribution in [1.82, 2.24) is 9.55 Å². The summed E-state index contributed by atoms with van der Waals surface area (Å²) in [5, 5.41) is 0.711. The van der Waals surface area contributed by atoms with Crippen molar-refractivity contribution in [3.05, 3.63) is 45.9 Å². The molecular formula is C15H13BrClN3. The molecule has 102 valence electrons. The molecule has 0 bridgehead atoms. The van der Waals surface area contributed by atoms with Gasteiger partial charge >= 0.3 is 0 Å². The largest absolute Gasteiger partial charge is 0.398 e. The van der Waals surface area contributed by atoms with Crippen LogP contribution in [0, 0.1) is 0 Å². The van der Waals surface area contributed by atoms with Crippen LogP contribution < -0.4 is 5.73 Å². The van der Waals surface area contributed by atoms with Crippen LogP contribution in [0.3, 0.4) is 0 Å². The quantitative estimate of drug-likeness (QED) is 0.680. The van der Waals surface area contributed by atoms with Gasteiger partial charge in [-0.1, -0.05) is 27.5 Å². The zero-order chi connectivity index (χ0) is 14.3. The normalized spacial score (nSPS) is 11.2. The van der Waals surface area contributed by atoms with Crippen molar-refractivity contribution in [2.75, 3.05) is 5.73 Å². The van der Waals surface area contributed by atoms with E-state index < -0.39 is 0 Å². The summed E-state index contributed by atoms with van der Waals surface area (Å²) in [7, 11) is 0. The number of aromatic nitrogens is 2. The number of nitrogens with zero attached hydrogens (tertiary/aromatic N) is 2. The minimum atomic E-state index is 0.704. The van der Waals surface area contributed by atoms with Gasteiger partial charge in [0.2, 0.25) is 0 Å². The van der Waals surface area contributed by atoms with E-state index in [1.807, 2.05) is 36.4 Å². The van der Waals surface area contributed by atoms with E-state index in [9.17, 15) is 0 Å². The molecule has 0 amide bonds. The molecule has 3 rings (SSSR count). The lowest BCUT2D eigenvalue weighted by Gasteiger charge is -2.09. The van der Waals surface area contributed by atoms with Crippen LogP contribution in [-0.4, -0.2) is 9.55 Å². The van der Waals surface area contributed by atoms with Crippen molar-refractivity contribution in [1.29, 1.82) is 0 Å². The molecule has 0 unspecified atom stereocenters. The van der Waals surface area contributed by atoms with E-state index >= 15 is 0 Å². The maximum atomic E-state index is 6.12. The Labute approximate surface area is 130 Å². The van der Waals surface area contributed by atoms with Gasteiger partial charge in [-0.05, 0) is 43.3 Å². The fourth-order valence-electron chi connectivity index (χ4n) is 2.36. The molecule has 1 heterocycles. The van der Waals surface area contributed by atoms with Crippen molar-refractivity contribution in [2.24, 2.45) is 0 Å². The average molecular weight is 351 g/mol. The highest BCUT2D eigenvalue weighted by Gasteiger charge is 2.14. The topological polar surface area (TPSA) is 43.8 Å². The third-order valence-corrected chi connectivity index (χ3v) is 4.01. The van der Waals surface area contributed by atoms with Gasteiger partial charge in [-0.25, -0.2) is 4.98 Å². The van der Waals surface area contributed by atoms with E-state index in [0.717, 1.165) is 33.4 Å². The van der Waals surface area contributed by atoms with Gasteiger partial charge in [0.05, 0.1) is 11.0 Å². The minimum Gasteiger partial charge on any atom is -0.398 e. The smallest absolute Gasteiger partial charge is 0.143 e. The van der Waals surface area contributed by atoms with Crippen molar-refractivity contribution >= 4 is 44.3 Å². The molecule has 0 spiro atoms. The summed E-state index contributed by atoms with van der Waals surface area (Å²) in [5.74, 6) is 0.870. The number of aryl methyl sites for hydroxylation is 1. The molecule has 0 saturated heterocycles. The lowest BCUT2D eigenvalue weighted by atomic mass is 10.1. The lowest BCUT2D eigenvalue weighted by Crippen LogP contribution is -2.00. The van der Waals surface area contributed by atoms with Crippen molar-refractivity contribution in [3.8, 4) is 11.4 Å². The number of nitrogens with two attached hydrogens (primary N) is 1. The highest BCUT2D eigenvalue weighted by atomic mass is 79.9. The van der Waals surface area contributed by atoms with Gasteiger partial charge in [0.1, 0.15) is 5.82 Å². The number of nitrogen functional groups attached to an aromatic ring is 1. The molecule has 0 fully saturated rings. The van der Waals surface area contributed by atoms with E-state index in [0.29, 0.717) is 10.7 Å². The van der Waals surface area contributed by atoms with E-state index in [1.54, 1.807) is 0 Å². The number of imidazole rings is 1. The molecule has 3 aromatic rings. The summed E-state index contributed by atoms with van der Waals surface area (Å²) < 4.78 is 3.09. The van der Waals surface area contributed by atoms with Crippen LogP contribution in [0.4, 0.5) is 5.69 Å². The van der Waals surface area contributed by atoms with Crippen LogP contribution in [0.1, 0.15) is 6.92 Å². The van der Waals surface area contributed by atoms with E-state index in [2.05, 4.69) is 27.4 Å². The maximum Gasteiger partial charge on any atom is 0.143 e. The predicted molar refractivity (Wildman–Crippen MR) is 88.0 cm³/mol. The fraction of sp³-hybridized carbons (Fsp3) is 0.133. The highest BCUT2D eigenvalue weighted by Crippen LogP contribution is 2.31. The highest BCUT2D eigenvalue weighted by molar-refractivity contribution is 9.10. The summed E-state index contributed by atoms with van der Waals surface area (Å²) in [6.07, 6.45) is 0. The number of fused-ring (bicyclic) bond motifs is 1. The maximum absolute atomic E-state index is 6.12. The van der Waals surface area contributed by atoms with Gasteiger partial charge in [0.25, 0.3) is 0 Å². The van der Waals surface area contributed by atoms with Crippen LogP contribution in [0.15, 0.2) is 40.9 Å². The first-order valence-corrected chi connectivity index (χ1v) is 7.48. The lowest BCUT2D eigenvalue weighted by molar-refractivity contribution is 0.796.